The molecule has 2 rings (SSSR count). The summed E-state index contributed by atoms with van der Waals surface area (Å²) in [7, 11) is 1.29. The van der Waals surface area contributed by atoms with Crippen molar-refractivity contribution in [2.24, 2.45) is 5.73 Å². The molecule has 1 unspecified atom stereocenters. The van der Waals surface area contributed by atoms with Crippen molar-refractivity contribution in [1.82, 2.24) is 4.98 Å². The van der Waals surface area contributed by atoms with Crippen molar-refractivity contribution in [2.75, 3.05) is 13.7 Å². The summed E-state index contributed by atoms with van der Waals surface area (Å²) in [4.78, 5) is 27.3. The van der Waals surface area contributed by atoms with Gasteiger partial charge in [-0.3, -0.25) is 14.6 Å². The lowest BCUT2D eigenvalue weighted by molar-refractivity contribution is -0.139. The summed E-state index contributed by atoms with van der Waals surface area (Å²) in [6.45, 7) is 2.63. The normalized spacial score (nSPS) is 11.6. The predicted molar refractivity (Wildman–Crippen MR) is 106 cm³/mol. The molecule has 0 radical (unpaired) electrons. The van der Waals surface area contributed by atoms with Crippen molar-refractivity contribution < 1.29 is 19.1 Å². The van der Waals surface area contributed by atoms with Crippen molar-refractivity contribution in [2.45, 2.75) is 31.4 Å². The standard InChI is InChI=1S/C20H24N2O4S/c1-3-14-4-7-16(22-13-14)10-11-26-17-8-5-15(6-9-17)12-18(19(23)25-2)27-20(21)24/h4-9,13,18H,3,10-12H2,1-2H3,(H2,21,24). The second-order valence-corrected chi connectivity index (χ2v) is 7.11. The van der Waals surface area contributed by atoms with Gasteiger partial charge in [0.15, 0.2) is 0 Å². The lowest BCUT2D eigenvalue weighted by Crippen LogP contribution is -2.24. The molecule has 27 heavy (non-hydrogen) atoms. The SMILES string of the molecule is CCc1ccc(CCOc2ccc(CC(SC(N)=O)C(=O)OC)cc2)nc1. The van der Waals surface area contributed by atoms with E-state index in [1.165, 1.54) is 12.7 Å². The molecule has 7 heteroatoms. The Hall–Kier alpha value is -2.54. The molecular weight excluding hydrogens is 364 g/mol. The van der Waals surface area contributed by atoms with Crippen LogP contribution in [0.5, 0.6) is 5.75 Å². The molecule has 144 valence electrons. The minimum Gasteiger partial charge on any atom is -0.493 e. The van der Waals surface area contributed by atoms with E-state index >= 15 is 0 Å². The van der Waals surface area contributed by atoms with Crippen molar-refractivity contribution >= 4 is 23.0 Å². The molecule has 1 amide bonds. The van der Waals surface area contributed by atoms with Crippen LogP contribution in [-0.4, -0.2) is 35.2 Å². The molecule has 1 aromatic heterocycles. The number of pyridine rings is 1. The number of rotatable bonds is 9. The third-order valence-corrected chi connectivity index (χ3v) is 4.86. The number of esters is 1. The van der Waals surface area contributed by atoms with Gasteiger partial charge in [0.2, 0.25) is 0 Å². The summed E-state index contributed by atoms with van der Waals surface area (Å²) < 4.78 is 10.5. The Morgan fingerprint density at radius 2 is 1.85 bits per heavy atom. The number of primary amides is 1. The second-order valence-electron chi connectivity index (χ2n) is 5.91. The first kappa shape index (κ1) is 20.8. The zero-order chi connectivity index (χ0) is 19.6. The fraction of sp³-hybridized carbons (Fsp3) is 0.350. The number of carbonyl (C=O) groups excluding carboxylic acids is 2. The van der Waals surface area contributed by atoms with Crippen LogP contribution in [0.15, 0.2) is 42.6 Å². The number of nitrogens with two attached hydrogens (primary N) is 1. The first-order valence-corrected chi connectivity index (χ1v) is 9.59. The maximum Gasteiger partial charge on any atom is 0.319 e. The van der Waals surface area contributed by atoms with E-state index in [0.717, 1.165) is 41.6 Å². The number of thioether (sulfide) groups is 1. The van der Waals surface area contributed by atoms with Gasteiger partial charge < -0.3 is 15.2 Å². The first-order valence-electron chi connectivity index (χ1n) is 8.71. The number of aryl methyl sites for hydroxylation is 1. The highest BCUT2D eigenvalue weighted by Gasteiger charge is 2.22. The number of carbonyl (C=O) groups is 2. The number of hydrogen-bond acceptors (Lipinski definition) is 6. The van der Waals surface area contributed by atoms with Crippen LogP contribution in [0.3, 0.4) is 0 Å². The van der Waals surface area contributed by atoms with Crippen LogP contribution in [0.4, 0.5) is 4.79 Å². The van der Waals surface area contributed by atoms with E-state index in [-0.39, 0.29) is 0 Å². The number of ether oxygens (including phenoxy) is 2. The molecule has 2 N–H and O–H groups in total. The molecule has 1 aromatic carbocycles. The number of aromatic nitrogens is 1. The zero-order valence-electron chi connectivity index (χ0n) is 15.5. The summed E-state index contributed by atoms with van der Waals surface area (Å²) in [5.41, 5.74) is 8.28. The Kier molecular flexibility index (Phi) is 8.13. The van der Waals surface area contributed by atoms with Gasteiger partial charge in [0.25, 0.3) is 5.24 Å². The minimum atomic E-state index is -0.656. The van der Waals surface area contributed by atoms with Gasteiger partial charge in [-0.25, -0.2) is 0 Å². The number of methoxy groups -OCH3 is 1. The highest BCUT2D eigenvalue weighted by atomic mass is 32.2. The van der Waals surface area contributed by atoms with E-state index in [4.69, 9.17) is 15.2 Å². The van der Waals surface area contributed by atoms with Crippen LogP contribution in [-0.2, 0) is 28.8 Å². The van der Waals surface area contributed by atoms with Crippen LogP contribution in [0.25, 0.3) is 0 Å². The summed E-state index contributed by atoms with van der Waals surface area (Å²) >= 11 is 0.771. The van der Waals surface area contributed by atoms with Gasteiger partial charge in [-0.1, -0.05) is 25.1 Å². The molecule has 0 aliphatic carbocycles. The summed E-state index contributed by atoms with van der Waals surface area (Å²) in [6, 6.07) is 11.5. The van der Waals surface area contributed by atoms with E-state index in [2.05, 4.69) is 18.0 Å². The second kappa shape index (κ2) is 10.6. The average molecular weight is 388 g/mol. The molecule has 0 bridgehead atoms. The van der Waals surface area contributed by atoms with Gasteiger partial charge >= 0.3 is 5.97 Å². The van der Waals surface area contributed by atoms with Gasteiger partial charge in [-0.15, -0.1) is 0 Å². The Balaban J connectivity index is 1.86. The van der Waals surface area contributed by atoms with Crippen LogP contribution in [0.2, 0.25) is 0 Å². The van der Waals surface area contributed by atoms with Crippen molar-refractivity contribution in [3.05, 3.63) is 59.4 Å². The molecule has 2 aromatic rings. The van der Waals surface area contributed by atoms with Gasteiger partial charge in [-0.2, -0.15) is 0 Å². The van der Waals surface area contributed by atoms with Crippen LogP contribution in [0.1, 0.15) is 23.7 Å². The molecular formula is C20H24N2O4S. The molecule has 0 aliphatic rings. The molecule has 1 atom stereocenters. The number of nitrogens with zero attached hydrogens (tertiary/aromatic N) is 1. The molecule has 0 aliphatic heterocycles. The molecule has 1 heterocycles. The van der Waals surface area contributed by atoms with E-state index in [0.29, 0.717) is 13.0 Å². The fourth-order valence-corrected chi connectivity index (χ4v) is 3.21. The van der Waals surface area contributed by atoms with Crippen molar-refractivity contribution in [1.29, 1.82) is 0 Å². The highest BCUT2D eigenvalue weighted by Crippen LogP contribution is 2.20. The smallest absolute Gasteiger partial charge is 0.319 e. The largest absolute Gasteiger partial charge is 0.493 e. The number of amides is 1. The van der Waals surface area contributed by atoms with Gasteiger partial charge in [-0.05, 0) is 53.9 Å². The molecule has 0 fully saturated rings. The number of benzene rings is 1. The van der Waals surface area contributed by atoms with E-state index < -0.39 is 16.5 Å². The molecule has 0 saturated heterocycles. The lowest BCUT2D eigenvalue weighted by Gasteiger charge is -2.13. The summed E-state index contributed by atoms with van der Waals surface area (Å²) in [5, 5.41) is -1.26. The number of hydrogen-bond donors (Lipinski definition) is 1. The van der Waals surface area contributed by atoms with Gasteiger partial charge in [0.05, 0.1) is 13.7 Å². The summed E-state index contributed by atoms with van der Waals surface area (Å²) in [6.07, 6.45) is 3.95. The maximum absolute atomic E-state index is 11.8. The first-order chi connectivity index (χ1) is 13.0. The van der Waals surface area contributed by atoms with Gasteiger partial charge in [0, 0.05) is 18.3 Å². The highest BCUT2D eigenvalue weighted by molar-refractivity contribution is 8.14. The fourth-order valence-electron chi connectivity index (χ4n) is 2.47. The molecule has 6 nitrogen and oxygen atoms in total. The Bertz CT molecular complexity index is 748. The Morgan fingerprint density at radius 3 is 2.41 bits per heavy atom. The lowest BCUT2D eigenvalue weighted by atomic mass is 10.1. The Labute approximate surface area is 163 Å². The van der Waals surface area contributed by atoms with Crippen molar-refractivity contribution in [3.8, 4) is 5.75 Å². The zero-order valence-corrected chi connectivity index (χ0v) is 16.3. The maximum atomic E-state index is 11.8. The summed E-state index contributed by atoms with van der Waals surface area (Å²) in [5.74, 6) is 0.266. The third kappa shape index (κ3) is 6.94. The van der Waals surface area contributed by atoms with Crippen LogP contribution >= 0.6 is 11.8 Å². The molecule has 0 saturated carbocycles. The quantitative estimate of drug-likeness (QED) is 0.664. The molecule has 0 spiro atoms. The van der Waals surface area contributed by atoms with Crippen LogP contribution in [0, 0.1) is 0 Å². The van der Waals surface area contributed by atoms with Crippen LogP contribution < -0.4 is 10.5 Å². The third-order valence-electron chi connectivity index (χ3n) is 3.99. The minimum absolute atomic E-state index is 0.355. The topological polar surface area (TPSA) is 91.5 Å². The van der Waals surface area contributed by atoms with E-state index in [1.54, 1.807) is 0 Å². The predicted octanol–water partition coefficient (Wildman–Crippen LogP) is 3.16. The average Bonchev–Trinajstić information content (AvgIpc) is 2.68. The van der Waals surface area contributed by atoms with E-state index in [1.807, 2.05) is 36.5 Å². The van der Waals surface area contributed by atoms with Gasteiger partial charge in [0.1, 0.15) is 11.0 Å². The van der Waals surface area contributed by atoms with E-state index in [9.17, 15) is 9.59 Å². The Morgan fingerprint density at radius 1 is 1.15 bits per heavy atom. The van der Waals surface area contributed by atoms with Crippen molar-refractivity contribution in [3.63, 3.8) is 0 Å². The monoisotopic (exact) mass is 388 g/mol.